The van der Waals surface area contributed by atoms with Crippen molar-refractivity contribution in [3.63, 3.8) is 0 Å². The molecule has 2 heterocycles. The van der Waals surface area contributed by atoms with E-state index in [1.807, 2.05) is 43.3 Å². The summed E-state index contributed by atoms with van der Waals surface area (Å²) in [6.07, 6.45) is 0.854. The van der Waals surface area contributed by atoms with Gasteiger partial charge in [-0.1, -0.05) is 41.0 Å². The zero-order valence-electron chi connectivity index (χ0n) is 14.0. The molecule has 0 fully saturated rings. The van der Waals surface area contributed by atoms with E-state index in [4.69, 9.17) is 16.1 Å². The summed E-state index contributed by atoms with van der Waals surface area (Å²) in [5, 5.41) is 14.7. The van der Waals surface area contributed by atoms with Crippen LogP contribution in [0.1, 0.15) is 22.5 Å². The van der Waals surface area contributed by atoms with Crippen molar-refractivity contribution in [2.45, 2.75) is 26.4 Å². The van der Waals surface area contributed by atoms with E-state index in [9.17, 15) is 5.11 Å². The first-order valence-electron chi connectivity index (χ1n) is 8.34. The Bertz CT molecular complexity index is 903. The monoisotopic (exact) mass is 354 g/mol. The summed E-state index contributed by atoms with van der Waals surface area (Å²) >= 11 is 5.98. The summed E-state index contributed by atoms with van der Waals surface area (Å²) < 4.78 is 5.56. The number of benzene rings is 2. The maximum Gasteiger partial charge on any atom is 0.143 e. The molecule has 0 unspecified atom stereocenters. The van der Waals surface area contributed by atoms with Gasteiger partial charge in [0, 0.05) is 42.2 Å². The van der Waals surface area contributed by atoms with Gasteiger partial charge in [-0.3, -0.25) is 4.90 Å². The van der Waals surface area contributed by atoms with Crippen molar-refractivity contribution in [2.24, 2.45) is 0 Å². The highest BCUT2D eigenvalue weighted by molar-refractivity contribution is 6.30. The van der Waals surface area contributed by atoms with Gasteiger partial charge in [0.15, 0.2) is 0 Å². The molecular weight excluding hydrogens is 336 g/mol. The van der Waals surface area contributed by atoms with Gasteiger partial charge in [-0.05, 0) is 36.2 Å². The summed E-state index contributed by atoms with van der Waals surface area (Å²) in [4.78, 5) is 2.38. The predicted molar refractivity (Wildman–Crippen MR) is 97.6 cm³/mol. The normalized spacial score (nSPS) is 14.5. The number of rotatable bonds is 3. The number of fused-ring (bicyclic) bond motifs is 1. The van der Waals surface area contributed by atoms with Crippen LogP contribution in [0.4, 0.5) is 0 Å². The fourth-order valence-electron chi connectivity index (χ4n) is 3.31. The van der Waals surface area contributed by atoms with Crippen LogP contribution in [0.3, 0.4) is 0 Å². The van der Waals surface area contributed by atoms with E-state index in [0.717, 1.165) is 54.2 Å². The molecule has 1 aromatic heterocycles. The molecule has 2 aromatic carbocycles. The molecule has 0 spiro atoms. The second-order valence-corrected chi connectivity index (χ2v) is 6.96. The second kappa shape index (κ2) is 6.54. The third-order valence-electron chi connectivity index (χ3n) is 4.69. The Morgan fingerprint density at radius 1 is 1.20 bits per heavy atom. The lowest BCUT2D eigenvalue weighted by Crippen LogP contribution is -2.29. The molecule has 4 rings (SSSR count). The smallest absolute Gasteiger partial charge is 0.143 e. The third kappa shape index (κ3) is 3.28. The average Bonchev–Trinajstić information content (AvgIpc) is 3.02. The molecule has 0 saturated heterocycles. The average molecular weight is 355 g/mol. The van der Waals surface area contributed by atoms with Gasteiger partial charge >= 0.3 is 0 Å². The third-order valence-corrected chi connectivity index (χ3v) is 4.94. The van der Waals surface area contributed by atoms with Gasteiger partial charge in [0.2, 0.25) is 0 Å². The topological polar surface area (TPSA) is 49.5 Å². The molecule has 0 radical (unpaired) electrons. The molecule has 1 aliphatic rings. The summed E-state index contributed by atoms with van der Waals surface area (Å²) in [5.74, 6) is 1.32. The Hall–Kier alpha value is -2.30. The first-order chi connectivity index (χ1) is 12.1. The van der Waals surface area contributed by atoms with Crippen LogP contribution >= 0.6 is 11.6 Å². The number of hydrogen-bond donors (Lipinski definition) is 1. The molecule has 4 nitrogen and oxygen atoms in total. The zero-order chi connectivity index (χ0) is 17.4. The van der Waals surface area contributed by atoms with Gasteiger partial charge < -0.3 is 9.63 Å². The van der Waals surface area contributed by atoms with Crippen molar-refractivity contribution < 1.29 is 9.63 Å². The molecule has 1 aliphatic heterocycles. The van der Waals surface area contributed by atoms with Gasteiger partial charge in [0.1, 0.15) is 17.2 Å². The molecule has 0 bridgehead atoms. The van der Waals surface area contributed by atoms with Gasteiger partial charge in [-0.15, -0.1) is 0 Å². The van der Waals surface area contributed by atoms with Crippen LogP contribution in [0.15, 0.2) is 47.0 Å². The number of hydrogen-bond acceptors (Lipinski definition) is 4. The number of halogens is 1. The van der Waals surface area contributed by atoms with Crippen LogP contribution in [-0.4, -0.2) is 21.7 Å². The van der Waals surface area contributed by atoms with Gasteiger partial charge in [-0.2, -0.15) is 0 Å². The Kier molecular flexibility index (Phi) is 4.24. The van der Waals surface area contributed by atoms with Crippen molar-refractivity contribution in [1.82, 2.24) is 10.1 Å². The molecule has 0 amide bonds. The maximum atomic E-state index is 9.69. The number of aromatic hydroxyl groups is 1. The number of aryl methyl sites for hydroxylation is 1. The predicted octanol–water partition coefficient (Wildman–Crippen LogP) is 4.57. The highest BCUT2D eigenvalue weighted by atomic mass is 35.5. The largest absolute Gasteiger partial charge is 0.508 e. The number of phenolic OH excluding ortho intramolecular Hbond substituents is 1. The molecule has 0 atom stereocenters. The lowest BCUT2D eigenvalue weighted by Gasteiger charge is -2.26. The van der Waals surface area contributed by atoms with E-state index in [1.165, 1.54) is 5.56 Å². The fraction of sp³-hybridized carbons (Fsp3) is 0.250. The fourth-order valence-corrected chi connectivity index (χ4v) is 3.43. The van der Waals surface area contributed by atoms with E-state index in [-0.39, 0.29) is 0 Å². The molecular formula is C20H19ClN2O2. The molecule has 0 aliphatic carbocycles. The van der Waals surface area contributed by atoms with Crippen LogP contribution in [0.2, 0.25) is 5.02 Å². The minimum Gasteiger partial charge on any atom is -0.508 e. The maximum absolute atomic E-state index is 9.69. The minimum atomic E-state index is 0.341. The van der Waals surface area contributed by atoms with Crippen LogP contribution < -0.4 is 0 Å². The molecule has 1 N–H and O–H groups in total. The molecule has 0 saturated carbocycles. The Labute approximate surface area is 151 Å². The van der Waals surface area contributed by atoms with Crippen LogP contribution in [-0.2, 0) is 19.5 Å². The Morgan fingerprint density at radius 2 is 2.00 bits per heavy atom. The van der Waals surface area contributed by atoms with Crippen molar-refractivity contribution in [2.75, 3.05) is 6.54 Å². The van der Waals surface area contributed by atoms with Crippen LogP contribution in [0.25, 0.3) is 11.3 Å². The molecule has 5 heteroatoms. The first-order valence-corrected chi connectivity index (χ1v) is 8.72. The molecule has 25 heavy (non-hydrogen) atoms. The number of nitrogens with zero attached hydrogens (tertiary/aromatic N) is 2. The Balaban J connectivity index is 1.57. The van der Waals surface area contributed by atoms with Crippen molar-refractivity contribution in [3.8, 4) is 17.0 Å². The van der Waals surface area contributed by atoms with E-state index in [1.54, 1.807) is 6.07 Å². The lowest BCUT2D eigenvalue weighted by atomic mass is 10.0. The van der Waals surface area contributed by atoms with Crippen LogP contribution in [0, 0.1) is 6.92 Å². The van der Waals surface area contributed by atoms with E-state index in [2.05, 4.69) is 10.1 Å². The molecule has 3 aromatic rings. The highest BCUT2D eigenvalue weighted by Crippen LogP contribution is 2.31. The highest BCUT2D eigenvalue weighted by Gasteiger charge is 2.25. The zero-order valence-corrected chi connectivity index (χ0v) is 14.8. The Morgan fingerprint density at radius 3 is 2.76 bits per heavy atom. The van der Waals surface area contributed by atoms with E-state index >= 15 is 0 Å². The first kappa shape index (κ1) is 16.2. The van der Waals surface area contributed by atoms with Crippen molar-refractivity contribution in [3.05, 3.63) is 69.9 Å². The quantitative estimate of drug-likeness (QED) is 0.748. The number of phenols is 1. The minimum absolute atomic E-state index is 0.341. The standard InChI is InChI=1S/C20H19ClN2O2/c1-13-10-14(2-7-18(13)24)11-23-9-8-19-17(12-23)20(22-25-19)15-3-5-16(21)6-4-15/h2-7,10,24H,8-9,11-12H2,1H3. The van der Waals surface area contributed by atoms with Crippen LogP contribution in [0.5, 0.6) is 5.75 Å². The van der Waals surface area contributed by atoms with Gasteiger partial charge in [-0.25, -0.2) is 0 Å². The second-order valence-electron chi connectivity index (χ2n) is 6.52. The summed E-state index contributed by atoms with van der Waals surface area (Å²) in [6, 6.07) is 13.5. The number of aromatic nitrogens is 1. The summed E-state index contributed by atoms with van der Waals surface area (Å²) in [7, 11) is 0. The summed E-state index contributed by atoms with van der Waals surface area (Å²) in [5.41, 5.74) is 5.18. The van der Waals surface area contributed by atoms with Crippen molar-refractivity contribution >= 4 is 11.6 Å². The summed E-state index contributed by atoms with van der Waals surface area (Å²) in [6.45, 7) is 4.50. The molecule has 128 valence electrons. The lowest BCUT2D eigenvalue weighted by molar-refractivity contribution is 0.228. The van der Waals surface area contributed by atoms with Gasteiger partial charge in [0.25, 0.3) is 0 Å². The van der Waals surface area contributed by atoms with E-state index in [0.29, 0.717) is 10.8 Å². The SMILES string of the molecule is Cc1cc(CN2CCc3onc(-c4ccc(Cl)cc4)c3C2)ccc1O. The van der Waals surface area contributed by atoms with Gasteiger partial charge in [0.05, 0.1) is 0 Å². The van der Waals surface area contributed by atoms with E-state index < -0.39 is 0 Å². The van der Waals surface area contributed by atoms with Crippen molar-refractivity contribution in [1.29, 1.82) is 0 Å².